The van der Waals surface area contributed by atoms with Crippen molar-refractivity contribution >= 4 is 16.9 Å². The number of carboxylic acids is 1. The Kier molecular flexibility index (Phi) is 3.50. The Bertz CT molecular complexity index is 1080. The van der Waals surface area contributed by atoms with Gasteiger partial charge >= 0.3 is 5.97 Å². The Hall–Kier alpha value is -3.54. The van der Waals surface area contributed by atoms with Crippen molar-refractivity contribution in [3.63, 3.8) is 0 Å². The van der Waals surface area contributed by atoms with E-state index in [2.05, 4.69) is 15.3 Å². The van der Waals surface area contributed by atoms with Gasteiger partial charge in [0.15, 0.2) is 0 Å². The van der Waals surface area contributed by atoms with Crippen molar-refractivity contribution in [2.45, 2.75) is 6.92 Å². The van der Waals surface area contributed by atoms with Crippen molar-refractivity contribution in [1.29, 1.82) is 0 Å². The molecule has 0 spiro atoms. The second-order valence-electron chi connectivity index (χ2n) is 5.71. The molecule has 122 valence electrons. The molecule has 6 nitrogen and oxygen atoms in total. The van der Waals surface area contributed by atoms with Gasteiger partial charge in [-0.15, -0.1) is 5.10 Å². The minimum Gasteiger partial charge on any atom is -0.478 e. The van der Waals surface area contributed by atoms with E-state index >= 15 is 0 Å². The van der Waals surface area contributed by atoms with E-state index in [1.165, 1.54) is 0 Å². The number of carbonyl (C=O) groups is 1. The van der Waals surface area contributed by atoms with Crippen LogP contribution in [-0.4, -0.2) is 31.1 Å². The standard InChI is InChI=1S/C19H14N4O2/c1-12-11-20-22-23(12)14-8-6-13(7-9-14)18-10-16(19(24)25)15-4-2-3-5-17(15)21-18/h2-11H,1H3,(H,24,25). The molecule has 0 bridgehead atoms. The molecule has 0 amide bonds. The normalized spacial score (nSPS) is 10.9. The van der Waals surface area contributed by atoms with Gasteiger partial charge in [-0.1, -0.05) is 35.5 Å². The van der Waals surface area contributed by atoms with Crippen LogP contribution in [0.2, 0.25) is 0 Å². The molecule has 4 aromatic rings. The van der Waals surface area contributed by atoms with E-state index in [0.29, 0.717) is 16.6 Å². The van der Waals surface area contributed by atoms with Gasteiger partial charge in [-0.3, -0.25) is 0 Å². The molecular weight excluding hydrogens is 316 g/mol. The van der Waals surface area contributed by atoms with Crippen molar-refractivity contribution in [3.05, 3.63) is 72.1 Å². The number of rotatable bonds is 3. The summed E-state index contributed by atoms with van der Waals surface area (Å²) in [6.45, 7) is 1.93. The smallest absolute Gasteiger partial charge is 0.336 e. The molecule has 6 heteroatoms. The summed E-state index contributed by atoms with van der Waals surface area (Å²) < 4.78 is 1.74. The zero-order chi connectivity index (χ0) is 17.4. The van der Waals surface area contributed by atoms with E-state index in [0.717, 1.165) is 16.9 Å². The van der Waals surface area contributed by atoms with Crippen molar-refractivity contribution in [1.82, 2.24) is 20.0 Å². The lowest BCUT2D eigenvalue weighted by Crippen LogP contribution is -2.01. The average molecular weight is 330 g/mol. The molecule has 2 heterocycles. The summed E-state index contributed by atoms with van der Waals surface area (Å²) in [5.74, 6) is -0.963. The number of hydrogen-bond donors (Lipinski definition) is 1. The third-order valence-corrected chi connectivity index (χ3v) is 4.07. The number of nitrogens with zero attached hydrogens (tertiary/aromatic N) is 4. The van der Waals surface area contributed by atoms with Crippen LogP contribution in [0.1, 0.15) is 16.1 Å². The van der Waals surface area contributed by atoms with E-state index in [-0.39, 0.29) is 5.56 Å². The lowest BCUT2D eigenvalue weighted by molar-refractivity contribution is 0.0699. The molecule has 4 rings (SSSR count). The molecule has 25 heavy (non-hydrogen) atoms. The first-order valence-corrected chi connectivity index (χ1v) is 7.75. The van der Waals surface area contributed by atoms with Crippen LogP contribution in [0.25, 0.3) is 27.8 Å². The Morgan fingerprint density at radius 1 is 1.08 bits per heavy atom. The van der Waals surface area contributed by atoms with Crippen LogP contribution >= 0.6 is 0 Å². The summed E-state index contributed by atoms with van der Waals surface area (Å²) in [4.78, 5) is 16.2. The molecule has 0 saturated carbocycles. The van der Waals surface area contributed by atoms with Gasteiger partial charge in [0.1, 0.15) is 0 Å². The predicted molar refractivity (Wildman–Crippen MR) is 93.8 cm³/mol. The zero-order valence-electron chi connectivity index (χ0n) is 13.4. The van der Waals surface area contributed by atoms with Crippen molar-refractivity contribution < 1.29 is 9.90 Å². The number of carboxylic acid groups (broad SMARTS) is 1. The number of fused-ring (bicyclic) bond motifs is 1. The summed E-state index contributed by atoms with van der Waals surface area (Å²) in [5.41, 5.74) is 4.20. The van der Waals surface area contributed by atoms with Gasteiger partial charge in [0.2, 0.25) is 0 Å². The summed E-state index contributed by atoms with van der Waals surface area (Å²) in [6.07, 6.45) is 1.69. The average Bonchev–Trinajstić information content (AvgIpc) is 3.07. The largest absolute Gasteiger partial charge is 0.478 e. The minimum atomic E-state index is -0.963. The van der Waals surface area contributed by atoms with E-state index in [1.807, 2.05) is 49.4 Å². The number of aryl methyl sites for hydroxylation is 1. The number of benzene rings is 2. The van der Waals surface area contributed by atoms with Crippen LogP contribution < -0.4 is 0 Å². The Morgan fingerprint density at radius 3 is 2.52 bits per heavy atom. The van der Waals surface area contributed by atoms with Crippen molar-refractivity contribution in [3.8, 4) is 16.9 Å². The molecule has 2 aromatic carbocycles. The minimum absolute atomic E-state index is 0.247. The first kappa shape index (κ1) is 15.0. The van der Waals surface area contributed by atoms with Gasteiger partial charge in [0, 0.05) is 10.9 Å². The number of aromatic carboxylic acids is 1. The second-order valence-corrected chi connectivity index (χ2v) is 5.71. The fraction of sp³-hybridized carbons (Fsp3) is 0.0526. The Balaban J connectivity index is 1.82. The maximum absolute atomic E-state index is 11.6. The molecule has 0 saturated heterocycles. The Labute approximate surface area is 143 Å². The fourth-order valence-electron chi connectivity index (χ4n) is 2.82. The van der Waals surface area contributed by atoms with E-state index < -0.39 is 5.97 Å². The highest BCUT2D eigenvalue weighted by Crippen LogP contribution is 2.25. The summed E-state index contributed by atoms with van der Waals surface area (Å²) in [7, 11) is 0. The van der Waals surface area contributed by atoms with E-state index in [1.54, 1.807) is 23.0 Å². The number of aromatic nitrogens is 4. The SMILES string of the molecule is Cc1cnnn1-c1ccc(-c2cc(C(=O)O)c3ccccc3n2)cc1. The molecule has 1 N–H and O–H groups in total. The molecule has 0 aliphatic rings. The molecule has 0 aliphatic heterocycles. The number of pyridine rings is 1. The lowest BCUT2D eigenvalue weighted by Gasteiger charge is -2.08. The second kappa shape index (κ2) is 5.83. The third-order valence-electron chi connectivity index (χ3n) is 4.07. The molecule has 0 atom stereocenters. The van der Waals surface area contributed by atoms with Crippen molar-refractivity contribution in [2.24, 2.45) is 0 Å². The number of hydrogen-bond acceptors (Lipinski definition) is 4. The molecule has 0 unspecified atom stereocenters. The van der Waals surface area contributed by atoms with Crippen LogP contribution in [-0.2, 0) is 0 Å². The van der Waals surface area contributed by atoms with E-state index in [4.69, 9.17) is 0 Å². The van der Waals surface area contributed by atoms with E-state index in [9.17, 15) is 9.90 Å². The van der Waals surface area contributed by atoms with Crippen LogP contribution in [0, 0.1) is 6.92 Å². The first-order valence-electron chi connectivity index (χ1n) is 7.75. The molecule has 2 aromatic heterocycles. The van der Waals surface area contributed by atoms with Gasteiger partial charge in [0.25, 0.3) is 0 Å². The van der Waals surface area contributed by atoms with Crippen LogP contribution in [0.15, 0.2) is 60.8 Å². The molecule has 0 radical (unpaired) electrons. The van der Waals surface area contributed by atoms with Crippen LogP contribution in [0.5, 0.6) is 0 Å². The van der Waals surface area contributed by atoms with Gasteiger partial charge < -0.3 is 5.11 Å². The molecule has 0 aliphatic carbocycles. The highest BCUT2D eigenvalue weighted by atomic mass is 16.4. The maximum atomic E-state index is 11.6. The predicted octanol–water partition coefficient (Wildman–Crippen LogP) is 3.49. The fourth-order valence-corrected chi connectivity index (χ4v) is 2.82. The maximum Gasteiger partial charge on any atom is 0.336 e. The zero-order valence-corrected chi connectivity index (χ0v) is 13.4. The third kappa shape index (κ3) is 2.63. The van der Waals surface area contributed by atoms with Crippen LogP contribution in [0.3, 0.4) is 0 Å². The molecule has 0 fully saturated rings. The van der Waals surface area contributed by atoms with Crippen molar-refractivity contribution in [2.75, 3.05) is 0 Å². The number of para-hydroxylation sites is 1. The summed E-state index contributed by atoms with van der Waals surface area (Å²) in [5, 5.41) is 18.1. The first-order chi connectivity index (χ1) is 12.1. The highest BCUT2D eigenvalue weighted by Gasteiger charge is 2.13. The topological polar surface area (TPSA) is 80.9 Å². The van der Waals surface area contributed by atoms with Crippen LogP contribution in [0.4, 0.5) is 0 Å². The van der Waals surface area contributed by atoms with Gasteiger partial charge in [0.05, 0.1) is 34.4 Å². The summed E-state index contributed by atoms with van der Waals surface area (Å²) in [6, 6.07) is 16.5. The van der Waals surface area contributed by atoms with Gasteiger partial charge in [-0.2, -0.15) is 0 Å². The molecular formula is C19H14N4O2. The van der Waals surface area contributed by atoms with Gasteiger partial charge in [-0.25, -0.2) is 14.5 Å². The highest BCUT2D eigenvalue weighted by molar-refractivity contribution is 6.03. The quantitative estimate of drug-likeness (QED) is 0.622. The Morgan fingerprint density at radius 2 is 1.84 bits per heavy atom. The summed E-state index contributed by atoms with van der Waals surface area (Å²) >= 11 is 0. The lowest BCUT2D eigenvalue weighted by atomic mass is 10.0. The monoisotopic (exact) mass is 330 g/mol. The van der Waals surface area contributed by atoms with Gasteiger partial charge in [-0.05, 0) is 31.2 Å².